The van der Waals surface area contributed by atoms with Crippen LogP contribution >= 0.6 is 0 Å². The summed E-state index contributed by atoms with van der Waals surface area (Å²) >= 11 is 0. The average molecular weight is 612 g/mol. The van der Waals surface area contributed by atoms with Crippen LogP contribution in [0.3, 0.4) is 0 Å². The first-order valence-electron chi connectivity index (χ1n) is 16.0. The largest absolute Gasteiger partial charge is 0.379 e. The summed E-state index contributed by atoms with van der Waals surface area (Å²) in [6.07, 6.45) is 1.82. The number of fused-ring (bicyclic) bond motifs is 1. The van der Waals surface area contributed by atoms with Gasteiger partial charge in [0.15, 0.2) is 0 Å². The maximum Gasteiger partial charge on any atom is 0.242 e. The van der Waals surface area contributed by atoms with Crippen molar-refractivity contribution in [1.82, 2.24) is 20.4 Å². The minimum absolute atomic E-state index is 0.0340. The maximum atomic E-state index is 13.9. The van der Waals surface area contributed by atoms with Crippen LogP contribution in [0.1, 0.15) is 81.1 Å². The number of piperidine rings is 1. The SMILES string of the molecule is CCC.CCC(C)C(C(CC(=O)N1C(C(OC)C(C)C(N)=O)CC2C(C)C21)OC)N(C)C(=O)CNC(=O)C(NC)C(C)C. The molecule has 1 aliphatic heterocycles. The summed E-state index contributed by atoms with van der Waals surface area (Å²) in [7, 11) is 6.53. The molecule has 1 aliphatic carbocycles. The number of rotatable bonds is 16. The molecule has 11 nitrogen and oxygen atoms in total. The second-order valence-electron chi connectivity index (χ2n) is 12.8. The Morgan fingerprint density at radius 3 is 2.07 bits per heavy atom. The lowest BCUT2D eigenvalue weighted by Crippen LogP contribution is -2.55. The maximum absolute atomic E-state index is 13.9. The first-order chi connectivity index (χ1) is 20.2. The van der Waals surface area contributed by atoms with Gasteiger partial charge in [-0.3, -0.25) is 19.2 Å². The fourth-order valence-electron chi connectivity index (χ4n) is 6.64. The number of likely N-dealkylation sites (N-methyl/N-ethyl adjacent to an activating group) is 2. The predicted molar refractivity (Wildman–Crippen MR) is 169 cm³/mol. The highest BCUT2D eigenvalue weighted by molar-refractivity contribution is 5.87. The number of nitrogens with two attached hydrogens (primary N) is 1. The Bertz CT molecular complexity index is 917. The van der Waals surface area contributed by atoms with Crippen molar-refractivity contribution in [2.75, 3.05) is 34.9 Å². The summed E-state index contributed by atoms with van der Waals surface area (Å²) < 4.78 is 11.6. The molecule has 10 atom stereocenters. The molecule has 1 saturated carbocycles. The molecule has 0 aromatic rings. The van der Waals surface area contributed by atoms with Gasteiger partial charge < -0.3 is 35.6 Å². The number of methoxy groups -OCH3 is 2. The molecule has 4 N–H and O–H groups in total. The lowest BCUT2D eigenvalue weighted by molar-refractivity contribution is -0.147. The van der Waals surface area contributed by atoms with Crippen LogP contribution in [0.5, 0.6) is 0 Å². The highest BCUT2D eigenvalue weighted by Gasteiger charge is 2.62. The van der Waals surface area contributed by atoms with Gasteiger partial charge in [0.1, 0.15) is 0 Å². The molecule has 11 heteroatoms. The Hall–Kier alpha value is -2.24. The van der Waals surface area contributed by atoms with E-state index >= 15 is 0 Å². The number of hydrogen-bond acceptors (Lipinski definition) is 7. The minimum atomic E-state index is -0.559. The number of carbonyl (C=O) groups excluding carboxylic acids is 4. The third kappa shape index (κ3) is 9.62. The Morgan fingerprint density at radius 1 is 1.05 bits per heavy atom. The van der Waals surface area contributed by atoms with Crippen molar-refractivity contribution in [3.8, 4) is 0 Å². The Kier molecular flexibility index (Phi) is 16.1. The fraction of sp³-hybridized carbons (Fsp3) is 0.875. The minimum Gasteiger partial charge on any atom is -0.379 e. The monoisotopic (exact) mass is 611 g/mol. The third-order valence-electron chi connectivity index (χ3n) is 9.39. The van der Waals surface area contributed by atoms with Gasteiger partial charge in [-0.2, -0.15) is 0 Å². The molecule has 2 fully saturated rings. The molecule has 250 valence electrons. The second kappa shape index (κ2) is 17.9. The van der Waals surface area contributed by atoms with Crippen molar-refractivity contribution in [2.24, 2.45) is 35.3 Å². The summed E-state index contributed by atoms with van der Waals surface area (Å²) in [5.41, 5.74) is 5.60. The van der Waals surface area contributed by atoms with Gasteiger partial charge in [-0.15, -0.1) is 0 Å². The molecule has 1 heterocycles. The van der Waals surface area contributed by atoms with Crippen LogP contribution in [0.2, 0.25) is 0 Å². The first kappa shape index (κ1) is 38.8. The molecule has 10 unspecified atom stereocenters. The van der Waals surface area contributed by atoms with Crippen LogP contribution in [-0.2, 0) is 28.7 Å². The van der Waals surface area contributed by atoms with Crippen molar-refractivity contribution in [2.45, 2.75) is 117 Å². The quantitative estimate of drug-likeness (QED) is 0.243. The van der Waals surface area contributed by atoms with Crippen LogP contribution in [0.25, 0.3) is 0 Å². The van der Waals surface area contributed by atoms with E-state index in [9.17, 15) is 19.2 Å². The van der Waals surface area contributed by atoms with Crippen LogP contribution in [0, 0.1) is 29.6 Å². The van der Waals surface area contributed by atoms with Crippen LogP contribution in [-0.4, -0.2) is 105 Å². The van der Waals surface area contributed by atoms with Crippen molar-refractivity contribution < 1.29 is 28.7 Å². The number of nitrogens with zero attached hydrogens (tertiary/aromatic N) is 2. The van der Waals surface area contributed by atoms with Crippen molar-refractivity contribution in [3.63, 3.8) is 0 Å². The average Bonchev–Trinajstić information content (AvgIpc) is 3.38. The molecule has 0 bridgehead atoms. The molecule has 1 saturated heterocycles. The van der Waals surface area contributed by atoms with Crippen molar-refractivity contribution >= 4 is 23.6 Å². The highest BCUT2D eigenvalue weighted by Crippen LogP contribution is 2.54. The summed E-state index contributed by atoms with van der Waals surface area (Å²) in [5.74, 6) is -0.703. The number of primary amides is 1. The number of ether oxygens (including phenoxy) is 2. The van der Waals surface area contributed by atoms with Gasteiger partial charge in [-0.05, 0) is 37.1 Å². The molecule has 43 heavy (non-hydrogen) atoms. The fourth-order valence-corrected chi connectivity index (χ4v) is 6.64. The van der Waals surface area contributed by atoms with Crippen LogP contribution < -0.4 is 16.4 Å². The number of hydrogen-bond donors (Lipinski definition) is 3. The lowest BCUT2D eigenvalue weighted by atomic mass is 9.90. The molecule has 0 radical (unpaired) electrons. The van der Waals surface area contributed by atoms with Crippen molar-refractivity contribution in [1.29, 1.82) is 0 Å². The number of nitrogens with one attached hydrogen (secondary N) is 2. The van der Waals surface area contributed by atoms with E-state index in [1.165, 1.54) is 6.42 Å². The molecule has 0 aromatic carbocycles. The molecular weight excluding hydrogens is 550 g/mol. The van der Waals surface area contributed by atoms with Crippen LogP contribution in [0.4, 0.5) is 0 Å². The molecule has 4 amide bonds. The second-order valence-corrected chi connectivity index (χ2v) is 12.8. The summed E-state index contributed by atoms with van der Waals surface area (Å²) in [4.78, 5) is 55.3. The third-order valence-corrected chi connectivity index (χ3v) is 9.39. The van der Waals surface area contributed by atoms with E-state index in [0.717, 1.165) is 12.8 Å². The van der Waals surface area contributed by atoms with E-state index in [-0.39, 0.29) is 60.6 Å². The van der Waals surface area contributed by atoms with E-state index < -0.39 is 30.1 Å². The van der Waals surface area contributed by atoms with E-state index in [4.69, 9.17) is 15.2 Å². The zero-order valence-corrected chi connectivity index (χ0v) is 28.8. The van der Waals surface area contributed by atoms with Crippen LogP contribution in [0.15, 0.2) is 0 Å². The van der Waals surface area contributed by atoms with Gasteiger partial charge in [0.2, 0.25) is 23.6 Å². The first-order valence-corrected chi connectivity index (χ1v) is 16.0. The number of likely N-dealkylation sites (tertiary alicyclic amines) is 1. The zero-order chi connectivity index (χ0) is 33.2. The van der Waals surface area contributed by atoms with Gasteiger partial charge in [-0.1, -0.05) is 68.2 Å². The number of carbonyl (C=O) groups is 4. The van der Waals surface area contributed by atoms with Gasteiger partial charge in [0.05, 0.1) is 49.2 Å². The molecular formula is C32H61N5O6. The van der Waals surface area contributed by atoms with Gasteiger partial charge in [0, 0.05) is 27.3 Å². The van der Waals surface area contributed by atoms with Crippen molar-refractivity contribution in [3.05, 3.63) is 0 Å². The van der Waals surface area contributed by atoms with Gasteiger partial charge in [0.25, 0.3) is 0 Å². The van der Waals surface area contributed by atoms with Gasteiger partial charge >= 0.3 is 0 Å². The zero-order valence-electron chi connectivity index (χ0n) is 28.8. The predicted octanol–water partition coefficient (Wildman–Crippen LogP) is 2.41. The summed E-state index contributed by atoms with van der Waals surface area (Å²) in [5, 5.41) is 5.74. The Labute approximate surface area is 260 Å². The topological polar surface area (TPSA) is 143 Å². The van der Waals surface area contributed by atoms with E-state index in [0.29, 0.717) is 11.8 Å². The van der Waals surface area contributed by atoms with E-state index in [2.05, 4.69) is 31.4 Å². The standard InChI is InChI=1S/C29H53N5O6.C3H8/c1-11-16(4)25(33(8)23(36)14-32-29(38)24(31-7)15(2)3)21(39-9)13-22(35)34-20(12-19-17(5)26(19)34)27(40-10)18(6)28(30)37;1-3-2/h15-21,24-27,31H,11-14H2,1-10H3,(H2,30,37)(H,32,38);3H2,1-2H3. The lowest BCUT2D eigenvalue weighted by Gasteiger charge is -2.40. The molecule has 2 aliphatic rings. The smallest absolute Gasteiger partial charge is 0.242 e. The molecule has 0 aromatic heterocycles. The van der Waals surface area contributed by atoms with E-state index in [1.54, 1.807) is 40.1 Å². The normalized spacial score (nSPS) is 24.9. The van der Waals surface area contributed by atoms with Gasteiger partial charge in [-0.25, -0.2) is 0 Å². The number of amides is 4. The van der Waals surface area contributed by atoms with E-state index in [1.807, 2.05) is 32.6 Å². The summed E-state index contributed by atoms with van der Waals surface area (Å²) in [6, 6.07) is -0.931. The summed E-state index contributed by atoms with van der Waals surface area (Å²) in [6.45, 7) is 15.9. The highest BCUT2D eigenvalue weighted by atomic mass is 16.5. The Morgan fingerprint density at radius 2 is 1.63 bits per heavy atom. The molecule has 2 rings (SSSR count). The Balaban J connectivity index is 0.00000295. The molecule has 0 spiro atoms.